The second-order valence-electron chi connectivity index (χ2n) is 12.3. The number of ether oxygens (including phenoxy) is 1. The smallest absolute Gasteiger partial charge is 0.338 e. The maximum atomic E-state index is 13.0. The van der Waals surface area contributed by atoms with Crippen molar-refractivity contribution in [3.63, 3.8) is 0 Å². The second-order valence-corrected chi connectivity index (χ2v) is 12.3. The van der Waals surface area contributed by atoms with Crippen LogP contribution in [0.1, 0.15) is 90.1 Å². The van der Waals surface area contributed by atoms with Crippen LogP contribution in [0.4, 0.5) is 0 Å². The largest absolute Gasteiger partial charge is 0.478 e. The molecule has 7 nitrogen and oxygen atoms in total. The van der Waals surface area contributed by atoms with E-state index in [9.17, 15) is 14.7 Å². The lowest BCUT2D eigenvalue weighted by Crippen LogP contribution is -2.16. The lowest BCUT2D eigenvalue weighted by atomic mass is 9.79. The summed E-state index contributed by atoms with van der Waals surface area (Å²) in [5, 5.41) is 18.4. The Kier molecular flexibility index (Phi) is 7.89. The lowest BCUT2D eigenvalue weighted by Gasteiger charge is -2.26. The second kappa shape index (κ2) is 11.1. The van der Waals surface area contributed by atoms with Gasteiger partial charge in [0.1, 0.15) is 12.3 Å². The number of carbonyl (C=O) groups is 2. The Hall–Kier alpha value is -4.70. The first-order chi connectivity index (χ1) is 19.2. The summed E-state index contributed by atoms with van der Waals surface area (Å²) in [5.41, 5.74) is 6.62. The fourth-order valence-corrected chi connectivity index (χ4v) is 4.36. The molecule has 4 rings (SSSR count). The monoisotopic (exact) mass is 549 g/mol. The maximum Gasteiger partial charge on any atom is 0.338 e. The normalized spacial score (nSPS) is 11.7. The van der Waals surface area contributed by atoms with Crippen LogP contribution in [-0.2, 0) is 22.2 Å². The van der Waals surface area contributed by atoms with Crippen molar-refractivity contribution in [2.45, 2.75) is 65.9 Å². The third-order valence-electron chi connectivity index (χ3n) is 6.94. The van der Waals surface area contributed by atoms with Gasteiger partial charge in [0.25, 0.3) is 0 Å². The van der Waals surface area contributed by atoms with Crippen LogP contribution in [-0.4, -0.2) is 32.0 Å². The zero-order valence-electron chi connectivity index (χ0n) is 24.6. The van der Waals surface area contributed by atoms with Crippen molar-refractivity contribution in [3.8, 4) is 29.3 Å². The number of esters is 1. The van der Waals surface area contributed by atoms with Crippen LogP contribution in [0.25, 0.3) is 16.9 Å². The van der Waals surface area contributed by atoms with Gasteiger partial charge in [-0.1, -0.05) is 70.9 Å². The lowest BCUT2D eigenvalue weighted by molar-refractivity contribution is 0.0472. The Morgan fingerprint density at radius 3 is 2.12 bits per heavy atom. The summed E-state index contributed by atoms with van der Waals surface area (Å²) in [6, 6.07) is 16.2. The van der Waals surface area contributed by atoms with E-state index in [1.807, 2.05) is 13.0 Å². The van der Waals surface area contributed by atoms with Crippen LogP contribution in [0.5, 0.6) is 0 Å². The van der Waals surface area contributed by atoms with Gasteiger partial charge in [-0.15, -0.1) is 11.5 Å². The van der Waals surface area contributed by atoms with E-state index in [-0.39, 0.29) is 28.6 Å². The Morgan fingerprint density at radius 1 is 0.927 bits per heavy atom. The van der Waals surface area contributed by atoms with Crippen LogP contribution in [0.3, 0.4) is 0 Å². The molecule has 1 heterocycles. The molecule has 1 aromatic heterocycles. The van der Waals surface area contributed by atoms with Crippen LogP contribution in [0, 0.1) is 19.3 Å². The molecule has 0 aliphatic rings. The number of terminal acetylenes is 1. The molecule has 0 aliphatic carbocycles. The summed E-state index contributed by atoms with van der Waals surface area (Å²) in [4.78, 5) is 24.9. The minimum absolute atomic E-state index is 0.0187. The van der Waals surface area contributed by atoms with Crippen molar-refractivity contribution < 1.29 is 19.4 Å². The molecule has 0 spiro atoms. The summed E-state index contributed by atoms with van der Waals surface area (Å²) < 4.78 is 6.98. The average molecular weight is 550 g/mol. The average Bonchev–Trinajstić information content (AvgIpc) is 3.41. The quantitative estimate of drug-likeness (QED) is 0.208. The van der Waals surface area contributed by atoms with E-state index in [1.165, 1.54) is 27.9 Å². The van der Waals surface area contributed by atoms with Gasteiger partial charge in [-0.05, 0) is 76.4 Å². The molecular weight excluding hydrogens is 514 g/mol. The molecule has 0 amide bonds. The highest BCUT2D eigenvalue weighted by Crippen LogP contribution is 2.33. The van der Waals surface area contributed by atoms with Gasteiger partial charge in [-0.2, -0.15) is 0 Å². The number of hydrogen-bond acceptors (Lipinski definition) is 5. The molecule has 210 valence electrons. The molecule has 1 N–H and O–H groups in total. The summed E-state index contributed by atoms with van der Waals surface area (Å²) in [6.45, 7) is 14.9. The number of carboxylic acid groups (broad SMARTS) is 1. The molecule has 0 unspecified atom stereocenters. The molecule has 0 atom stereocenters. The molecule has 0 saturated heterocycles. The maximum absolute atomic E-state index is 13.0. The standard InChI is InChI=1S/C34H35N3O4/c1-9-23-11-10-22(12-21(23)2)20-41-32(40)26-13-25(31(38)39)16-29(17-26)37-19-30(35-36-37)24-14-27(33(3,4)5)18-28(15-24)34(6,7)8/h1,10-19H,20H2,2-8H3,(H,38,39). The van der Waals surface area contributed by atoms with Gasteiger partial charge in [-0.3, -0.25) is 0 Å². The van der Waals surface area contributed by atoms with Crippen molar-refractivity contribution in [1.29, 1.82) is 0 Å². The zero-order chi connectivity index (χ0) is 30.1. The van der Waals surface area contributed by atoms with E-state index in [2.05, 4.69) is 76.0 Å². The molecule has 0 fully saturated rings. The highest BCUT2D eigenvalue weighted by molar-refractivity contribution is 5.95. The van der Waals surface area contributed by atoms with E-state index in [0.29, 0.717) is 11.4 Å². The first kappa shape index (κ1) is 29.3. The third-order valence-corrected chi connectivity index (χ3v) is 6.94. The van der Waals surface area contributed by atoms with E-state index in [0.717, 1.165) is 22.3 Å². The third kappa shape index (κ3) is 6.72. The van der Waals surface area contributed by atoms with Crippen molar-refractivity contribution >= 4 is 11.9 Å². The van der Waals surface area contributed by atoms with Gasteiger partial charge in [0.2, 0.25) is 0 Å². The predicted octanol–water partition coefficient (Wildman–Crippen LogP) is 6.87. The Bertz CT molecular complexity index is 1650. The summed E-state index contributed by atoms with van der Waals surface area (Å²) in [6.07, 6.45) is 7.22. The number of aryl methyl sites for hydroxylation is 1. The molecule has 0 aliphatic heterocycles. The highest BCUT2D eigenvalue weighted by atomic mass is 16.5. The van der Waals surface area contributed by atoms with E-state index >= 15 is 0 Å². The number of aromatic nitrogens is 3. The number of nitrogens with zero attached hydrogens (tertiary/aromatic N) is 3. The summed E-state index contributed by atoms with van der Waals surface area (Å²) >= 11 is 0. The van der Waals surface area contributed by atoms with Gasteiger partial charge in [0.15, 0.2) is 0 Å². The van der Waals surface area contributed by atoms with E-state index in [1.54, 1.807) is 24.4 Å². The molecular formula is C34H35N3O4. The van der Waals surface area contributed by atoms with E-state index < -0.39 is 11.9 Å². The Labute approximate surface area is 241 Å². The van der Waals surface area contributed by atoms with Gasteiger partial charge < -0.3 is 9.84 Å². The number of benzene rings is 3. The van der Waals surface area contributed by atoms with E-state index in [4.69, 9.17) is 11.2 Å². The Morgan fingerprint density at radius 2 is 1.56 bits per heavy atom. The summed E-state index contributed by atoms with van der Waals surface area (Å²) in [7, 11) is 0. The fourth-order valence-electron chi connectivity index (χ4n) is 4.36. The van der Waals surface area contributed by atoms with Crippen LogP contribution in [0.15, 0.2) is 60.8 Å². The zero-order valence-corrected chi connectivity index (χ0v) is 24.6. The number of aromatic carboxylic acids is 1. The number of hydrogen-bond donors (Lipinski definition) is 1. The van der Waals surface area contributed by atoms with Crippen LogP contribution in [0.2, 0.25) is 0 Å². The van der Waals surface area contributed by atoms with Gasteiger partial charge in [-0.25, -0.2) is 14.3 Å². The van der Waals surface area contributed by atoms with Crippen molar-refractivity contribution in [2.24, 2.45) is 0 Å². The van der Waals surface area contributed by atoms with Gasteiger partial charge in [0.05, 0.1) is 23.0 Å². The first-order valence-electron chi connectivity index (χ1n) is 13.4. The number of carboxylic acids is 1. The Balaban J connectivity index is 1.67. The highest BCUT2D eigenvalue weighted by Gasteiger charge is 2.22. The predicted molar refractivity (Wildman–Crippen MR) is 159 cm³/mol. The molecule has 41 heavy (non-hydrogen) atoms. The number of carbonyl (C=O) groups excluding carboxylic acids is 1. The minimum Gasteiger partial charge on any atom is -0.478 e. The summed E-state index contributed by atoms with van der Waals surface area (Å²) in [5.74, 6) is 0.782. The minimum atomic E-state index is -1.17. The van der Waals surface area contributed by atoms with Crippen molar-refractivity contribution in [3.05, 3.63) is 99.7 Å². The molecule has 0 bridgehead atoms. The molecule has 0 radical (unpaired) electrons. The number of rotatable bonds is 6. The molecule has 4 aromatic rings. The van der Waals surface area contributed by atoms with Crippen LogP contribution >= 0.6 is 0 Å². The molecule has 0 saturated carbocycles. The fraction of sp³-hybridized carbons (Fsp3) is 0.294. The first-order valence-corrected chi connectivity index (χ1v) is 13.4. The molecule has 7 heteroatoms. The molecule has 3 aromatic carbocycles. The van der Waals surface area contributed by atoms with Gasteiger partial charge in [0, 0.05) is 11.1 Å². The van der Waals surface area contributed by atoms with Gasteiger partial charge >= 0.3 is 11.9 Å². The van der Waals surface area contributed by atoms with Crippen molar-refractivity contribution in [1.82, 2.24) is 15.0 Å². The van der Waals surface area contributed by atoms with Crippen molar-refractivity contribution in [2.75, 3.05) is 0 Å². The van der Waals surface area contributed by atoms with Crippen LogP contribution < -0.4 is 0 Å². The SMILES string of the molecule is C#Cc1ccc(COC(=O)c2cc(C(=O)O)cc(-n3cc(-c4cc(C(C)(C)C)cc(C(C)(C)C)c4)nn3)c2)cc1C. The topological polar surface area (TPSA) is 94.3 Å².